The lowest BCUT2D eigenvalue weighted by molar-refractivity contribution is -0.577. The third kappa shape index (κ3) is 5.60. The Morgan fingerprint density at radius 1 is 0.968 bits per heavy atom. The molecule has 0 unspecified atom stereocenters. The molecule has 0 atom stereocenters. The summed E-state index contributed by atoms with van der Waals surface area (Å²) in [6, 6.07) is 17.6. The highest BCUT2D eigenvalue weighted by Gasteiger charge is 2.22. The minimum absolute atomic E-state index is 0.0174. The Morgan fingerprint density at radius 3 is 2.10 bits per heavy atom. The molecule has 0 saturated heterocycles. The van der Waals surface area contributed by atoms with E-state index in [1.807, 2.05) is 68.7 Å². The summed E-state index contributed by atoms with van der Waals surface area (Å²) in [5, 5.41) is 16.9. The van der Waals surface area contributed by atoms with Crippen LogP contribution < -0.4 is 15.0 Å². The van der Waals surface area contributed by atoms with Crippen LogP contribution in [0.4, 0.5) is 5.69 Å². The number of hydrogen-bond acceptors (Lipinski definition) is 2. The molecule has 3 nitrogen and oxygen atoms in total. The summed E-state index contributed by atoms with van der Waals surface area (Å²) >= 11 is 9.25. The summed E-state index contributed by atoms with van der Waals surface area (Å²) < 4.78 is 2.54. The molecule has 0 bridgehead atoms. The van der Waals surface area contributed by atoms with Crippen LogP contribution >= 0.6 is 28.1 Å². The molecule has 1 aromatic heterocycles. The normalized spacial score (nSPS) is 12.3. The third-order valence-corrected chi connectivity index (χ3v) is 5.97. The standard InChI is InChI=1S/C26H27BrN2OS/c1-17-14-18(2)16-20(15-17)28-25(31)23(24(30)21-8-6-7-9-22(21)27)29-12-10-19(11-13-29)26(3,4)5/h6-16H,1-5H3,(H-,28,30,31). The van der Waals surface area contributed by atoms with E-state index in [9.17, 15) is 5.11 Å². The van der Waals surface area contributed by atoms with E-state index in [2.05, 4.69) is 48.1 Å². The lowest BCUT2D eigenvalue weighted by Gasteiger charge is -2.20. The molecule has 0 aliphatic heterocycles. The van der Waals surface area contributed by atoms with Gasteiger partial charge in [-0.15, -0.1) is 0 Å². The summed E-state index contributed by atoms with van der Waals surface area (Å²) in [7, 11) is 0. The number of nitrogens with zero attached hydrogens (tertiary/aromatic N) is 1. The molecule has 1 N–H and O–H groups in total. The van der Waals surface area contributed by atoms with Gasteiger partial charge in [0.1, 0.15) is 0 Å². The van der Waals surface area contributed by atoms with Crippen LogP contribution in [0.2, 0.25) is 0 Å². The van der Waals surface area contributed by atoms with Gasteiger partial charge in [-0.2, -0.15) is 4.57 Å². The number of halogens is 1. The number of anilines is 1. The van der Waals surface area contributed by atoms with Gasteiger partial charge in [-0.1, -0.05) is 73.2 Å². The van der Waals surface area contributed by atoms with Crippen molar-refractivity contribution >= 4 is 50.3 Å². The van der Waals surface area contributed by atoms with Gasteiger partial charge in [-0.05, 0) is 65.5 Å². The molecule has 0 radical (unpaired) electrons. The molecule has 1 heterocycles. The van der Waals surface area contributed by atoms with Gasteiger partial charge in [0.25, 0.3) is 0 Å². The van der Waals surface area contributed by atoms with Crippen LogP contribution in [0.25, 0.3) is 11.5 Å². The first-order valence-electron chi connectivity index (χ1n) is 10.1. The van der Waals surface area contributed by atoms with Gasteiger partial charge in [0.05, 0.1) is 0 Å². The molecule has 2 aromatic carbocycles. The molecule has 160 valence electrons. The lowest BCUT2D eigenvalue weighted by Crippen LogP contribution is -2.40. The molecule has 0 aliphatic carbocycles. The molecule has 0 amide bonds. The number of aryl methyl sites for hydroxylation is 2. The van der Waals surface area contributed by atoms with Crippen molar-refractivity contribution in [3.8, 4) is 0 Å². The zero-order valence-electron chi connectivity index (χ0n) is 18.5. The first-order valence-corrected chi connectivity index (χ1v) is 11.3. The molecule has 3 aromatic rings. The number of hydrogen-bond donors (Lipinski definition) is 1. The van der Waals surface area contributed by atoms with Crippen molar-refractivity contribution in [3.05, 3.63) is 93.7 Å². The highest BCUT2D eigenvalue weighted by molar-refractivity contribution is 9.10. The van der Waals surface area contributed by atoms with Crippen LogP contribution in [0.15, 0.2) is 71.5 Å². The lowest BCUT2D eigenvalue weighted by atomic mass is 9.88. The van der Waals surface area contributed by atoms with Crippen LogP contribution in [0.5, 0.6) is 0 Å². The molecule has 3 rings (SSSR count). The average Bonchev–Trinajstić information content (AvgIpc) is 2.67. The Kier molecular flexibility index (Phi) is 6.97. The fraction of sp³-hybridized carbons (Fsp3) is 0.231. The number of aromatic nitrogens is 1. The van der Waals surface area contributed by atoms with Gasteiger partial charge in [0.2, 0.25) is 5.70 Å². The molecule has 0 saturated carbocycles. The van der Waals surface area contributed by atoms with E-state index in [1.54, 1.807) is 10.6 Å². The first kappa shape index (κ1) is 23.2. The van der Waals surface area contributed by atoms with Crippen molar-refractivity contribution < 1.29 is 9.67 Å². The maximum absolute atomic E-state index is 13.6. The Hall–Kier alpha value is -2.50. The van der Waals surface area contributed by atoms with E-state index in [-0.39, 0.29) is 11.2 Å². The van der Waals surface area contributed by atoms with E-state index >= 15 is 0 Å². The summed E-state index contributed by atoms with van der Waals surface area (Å²) in [6.07, 6.45) is 3.81. The minimum Gasteiger partial charge on any atom is -0.867 e. The summed E-state index contributed by atoms with van der Waals surface area (Å²) in [5.74, 6) is -0.150. The summed E-state index contributed by atoms with van der Waals surface area (Å²) in [4.78, 5) is 0.374. The zero-order chi connectivity index (χ0) is 22.8. The number of pyridine rings is 1. The highest BCUT2D eigenvalue weighted by atomic mass is 79.9. The van der Waals surface area contributed by atoms with Gasteiger partial charge < -0.3 is 10.4 Å². The van der Waals surface area contributed by atoms with E-state index in [0.29, 0.717) is 16.2 Å². The molecule has 5 heteroatoms. The molecular weight excluding hydrogens is 468 g/mol. The summed E-state index contributed by atoms with van der Waals surface area (Å²) in [5.41, 5.74) is 5.30. The van der Waals surface area contributed by atoms with Crippen molar-refractivity contribution in [2.45, 2.75) is 40.0 Å². The fourth-order valence-electron chi connectivity index (χ4n) is 3.42. The Balaban J connectivity index is 2.11. The second kappa shape index (κ2) is 9.33. The van der Waals surface area contributed by atoms with Crippen LogP contribution in [-0.4, -0.2) is 4.99 Å². The zero-order valence-corrected chi connectivity index (χ0v) is 20.9. The quantitative estimate of drug-likeness (QED) is 0.216. The topological polar surface area (TPSA) is 39.0 Å². The van der Waals surface area contributed by atoms with Gasteiger partial charge in [-0.25, -0.2) is 0 Å². The second-order valence-electron chi connectivity index (χ2n) is 8.73. The Bertz CT molecular complexity index is 1120. The maximum Gasteiger partial charge on any atom is 0.238 e. The predicted octanol–water partition coefficient (Wildman–Crippen LogP) is 5.78. The van der Waals surface area contributed by atoms with Crippen LogP contribution in [0.1, 0.15) is 43.0 Å². The van der Waals surface area contributed by atoms with Gasteiger partial charge >= 0.3 is 0 Å². The number of nitrogens with one attached hydrogen (secondary N) is 1. The van der Waals surface area contributed by atoms with Gasteiger partial charge in [0, 0.05) is 22.3 Å². The first-order chi connectivity index (χ1) is 14.6. The number of rotatable bonds is 4. The van der Waals surface area contributed by atoms with E-state index in [0.717, 1.165) is 21.3 Å². The SMILES string of the molecule is Cc1cc(C)cc(NC(=S)/C(=C(\[O-])c2ccccc2Br)[n+]2ccc(C(C)(C)C)cc2)c1. The minimum atomic E-state index is -0.150. The van der Waals surface area contributed by atoms with E-state index in [4.69, 9.17) is 12.2 Å². The molecular formula is C26H27BrN2OS. The maximum atomic E-state index is 13.6. The smallest absolute Gasteiger partial charge is 0.238 e. The molecule has 0 spiro atoms. The van der Waals surface area contributed by atoms with Crippen molar-refractivity contribution in [3.63, 3.8) is 0 Å². The Morgan fingerprint density at radius 2 is 1.55 bits per heavy atom. The molecule has 0 fully saturated rings. The van der Waals surface area contributed by atoms with E-state index in [1.165, 1.54) is 5.56 Å². The Labute approximate surface area is 198 Å². The van der Waals surface area contributed by atoms with Crippen LogP contribution in [-0.2, 0) is 5.41 Å². The van der Waals surface area contributed by atoms with Crippen molar-refractivity contribution in [2.75, 3.05) is 5.32 Å². The van der Waals surface area contributed by atoms with Crippen molar-refractivity contribution in [1.82, 2.24) is 0 Å². The summed E-state index contributed by atoms with van der Waals surface area (Å²) in [6.45, 7) is 10.6. The van der Waals surface area contributed by atoms with Crippen LogP contribution in [0.3, 0.4) is 0 Å². The molecule has 31 heavy (non-hydrogen) atoms. The second-order valence-corrected chi connectivity index (χ2v) is 9.99. The van der Waals surface area contributed by atoms with Gasteiger partial charge in [-0.3, -0.25) is 0 Å². The predicted molar refractivity (Wildman–Crippen MR) is 135 cm³/mol. The van der Waals surface area contributed by atoms with Gasteiger partial charge in [0.15, 0.2) is 17.4 Å². The van der Waals surface area contributed by atoms with Crippen LogP contribution in [0, 0.1) is 13.8 Å². The molecule has 0 aliphatic rings. The monoisotopic (exact) mass is 494 g/mol. The average molecular weight is 495 g/mol. The van der Waals surface area contributed by atoms with Crippen molar-refractivity contribution in [2.24, 2.45) is 0 Å². The highest BCUT2D eigenvalue weighted by Crippen LogP contribution is 2.25. The van der Waals surface area contributed by atoms with E-state index < -0.39 is 0 Å². The fourth-order valence-corrected chi connectivity index (χ4v) is 4.20. The third-order valence-electron chi connectivity index (χ3n) is 4.98. The largest absolute Gasteiger partial charge is 0.867 e. The van der Waals surface area contributed by atoms with Crippen molar-refractivity contribution in [1.29, 1.82) is 0 Å². The number of benzene rings is 2. The number of thiocarbonyl (C=S) groups is 1.